The molecule has 1 aliphatic heterocycles. The van der Waals surface area contributed by atoms with Crippen molar-refractivity contribution in [2.75, 3.05) is 18.4 Å². The van der Waals surface area contributed by atoms with Crippen LogP contribution in [0.5, 0.6) is 0 Å². The molecule has 0 bridgehead atoms. The van der Waals surface area contributed by atoms with E-state index in [2.05, 4.69) is 14.9 Å². The summed E-state index contributed by atoms with van der Waals surface area (Å²) >= 11 is 5.89. The molecule has 2 aromatic rings. The number of nitrogens with zero attached hydrogens (tertiary/aromatic N) is 1. The Morgan fingerprint density at radius 2 is 1.68 bits per heavy atom. The number of ether oxygens (including phenoxy) is 1. The molecule has 2 aromatic carbocycles. The lowest BCUT2D eigenvalue weighted by Crippen LogP contribution is -2.42. The van der Waals surface area contributed by atoms with Gasteiger partial charge >= 0.3 is 6.09 Å². The number of piperidine rings is 1. The Morgan fingerprint density at radius 3 is 2.24 bits per heavy atom. The third-order valence-corrected chi connectivity index (χ3v) is 8.01. The molecule has 0 spiro atoms. The summed E-state index contributed by atoms with van der Waals surface area (Å²) in [6.45, 7) is 6.62. The molecule has 1 aliphatic rings. The highest BCUT2D eigenvalue weighted by atomic mass is 35.5. The van der Waals surface area contributed by atoms with E-state index in [-0.39, 0.29) is 29.4 Å². The number of rotatable bonds is 9. The topological polar surface area (TPSA) is 117 Å². The highest BCUT2D eigenvalue weighted by Crippen LogP contribution is 2.24. The van der Waals surface area contributed by atoms with Gasteiger partial charge in [-0.05, 0) is 87.6 Å². The first-order valence-corrected chi connectivity index (χ1v) is 14.1. The van der Waals surface area contributed by atoms with E-state index in [0.29, 0.717) is 25.2 Å². The first-order chi connectivity index (χ1) is 17.5. The average Bonchev–Trinajstić information content (AvgIpc) is 2.85. The van der Waals surface area contributed by atoms with Crippen LogP contribution >= 0.6 is 11.8 Å². The highest BCUT2D eigenvalue weighted by Gasteiger charge is 2.28. The lowest BCUT2D eigenvalue weighted by Gasteiger charge is -2.32. The van der Waals surface area contributed by atoms with Gasteiger partial charge < -0.3 is 15.0 Å². The minimum Gasteiger partial charge on any atom is -0.445 e. The zero-order chi connectivity index (χ0) is 27.1. The van der Waals surface area contributed by atoms with E-state index in [1.807, 2.05) is 30.3 Å². The molecule has 0 aliphatic carbocycles. The molecule has 37 heavy (non-hydrogen) atoms. The minimum absolute atomic E-state index is 0.112. The second kappa shape index (κ2) is 12.7. The molecule has 1 heterocycles. The standard InChI is InChI=1S/C26H35ClN4O5S/c1-26(2,3)30-37(34,35)22-11-9-21(10-12-22)28-24(32)23(29-27)17-19-13-15-31(16-14-19)25(33)36-18-20-7-5-4-6-8-20/h4-12,19,23,29-30H,13-18H2,1-3H3,(H,28,32)/t23-/m0/s1. The summed E-state index contributed by atoms with van der Waals surface area (Å²) < 4.78 is 32.9. The number of halogens is 1. The summed E-state index contributed by atoms with van der Waals surface area (Å²) in [5.74, 6) is -0.112. The molecule has 0 unspecified atom stereocenters. The van der Waals surface area contributed by atoms with E-state index < -0.39 is 21.6 Å². The summed E-state index contributed by atoms with van der Waals surface area (Å²) in [4.78, 5) is 29.5. The van der Waals surface area contributed by atoms with Gasteiger partial charge in [0.1, 0.15) is 12.6 Å². The van der Waals surface area contributed by atoms with Crippen LogP contribution in [-0.2, 0) is 26.2 Å². The molecule has 1 saturated heterocycles. The molecule has 1 fully saturated rings. The van der Waals surface area contributed by atoms with Crippen molar-refractivity contribution in [1.82, 2.24) is 14.5 Å². The van der Waals surface area contributed by atoms with Crippen LogP contribution in [0.4, 0.5) is 10.5 Å². The number of hydrogen-bond donors (Lipinski definition) is 3. The smallest absolute Gasteiger partial charge is 0.410 e. The van der Waals surface area contributed by atoms with E-state index in [0.717, 1.165) is 18.4 Å². The Labute approximate surface area is 224 Å². The van der Waals surface area contributed by atoms with Crippen molar-refractivity contribution >= 4 is 39.5 Å². The fraction of sp³-hybridized carbons (Fsp3) is 0.462. The van der Waals surface area contributed by atoms with Crippen LogP contribution in [0.1, 0.15) is 45.6 Å². The second-order valence-corrected chi connectivity index (χ2v) is 12.1. The van der Waals surface area contributed by atoms with E-state index in [9.17, 15) is 18.0 Å². The third kappa shape index (κ3) is 8.99. The van der Waals surface area contributed by atoms with Crippen LogP contribution in [0.3, 0.4) is 0 Å². The molecular formula is C26H35ClN4O5S. The second-order valence-electron chi connectivity index (χ2n) is 10.2. The fourth-order valence-corrected chi connectivity index (χ4v) is 5.71. The van der Waals surface area contributed by atoms with Crippen LogP contribution in [0.15, 0.2) is 59.5 Å². The Bertz CT molecular complexity index is 1150. The monoisotopic (exact) mass is 550 g/mol. The van der Waals surface area contributed by atoms with Crippen molar-refractivity contribution in [2.24, 2.45) is 5.92 Å². The third-order valence-electron chi connectivity index (χ3n) is 5.97. The summed E-state index contributed by atoms with van der Waals surface area (Å²) in [6.07, 6.45) is 1.63. The van der Waals surface area contributed by atoms with E-state index in [4.69, 9.17) is 16.5 Å². The Hall–Kier alpha value is -2.66. The number of nitrogens with one attached hydrogen (secondary N) is 3. The summed E-state index contributed by atoms with van der Waals surface area (Å²) in [7, 11) is -3.67. The van der Waals surface area contributed by atoms with Gasteiger partial charge in [0.25, 0.3) is 0 Å². The maximum Gasteiger partial charge on any atom is 0.410 e. The van der Waals surface area contributed by atoms with Crippen molar-refractivity contribution in [3.05, 3.63) is 60.2 Å². The first kappa shape index (κ1) is 28.9. The van der Waals surface area contributed by atoms with Crippen LogP contribution in [0.2, 0.25) is 0 Å². The highest BCUT2D eigenvalue weighted by molar-refractivity contribution is 7.89. The molecule has 3 rings (SSSR count). The summed E-state index contributed by atoms with van der Waals surface area (Å²) in [5.41, 5.74) is 0.794. The number of sulfonamides is 1. The van der Waals surface area contributed by atoms with E-state index >= 15 is 0 Å². The zero-order valence-electron chi connectivity index (χ0n) is 21.4. The molecule has 0 radical (unpaired) electrons. The number of benzene rings is 2. The van der Waals surface area contributed by atoms with Crippen molar-refractivity contribution in [1.29, 1.82) is 0 Å². The quantitative estimate of drug-likeness (QED) is 0.402. The summed E-state index contributed by atoms with van der Waals surface area (Å²) in [5, 5.41) is 2.78. The molecule has 3 N–H and O–H groups in total. The molecule has 202 valence electrons. The number of hydrogen-bond acceptors (Lipinski definition) is 6. The molecule has 0 aromatic heterocycles. The lowest BCUT2D eigenvalue weighted by atomic mass is 9.90. The number of amides is 2. The normalized spacial score (nSPS) is 15.7. The van der Waals surface area contributed by atoms with Crippen LogP contribution in [0.25, 0.3) is 0 Å². The molecule has 2 amide bonds. The lowest BCUT2D eigenvalue weighted by molar-refractivity contribution is -0.118. The van der Waals surface area contributed by atoms with Crippen LogP contribution < -0.4 is 14.9 Å². The van der Waals surface area contributed by atoms with E-state index in [1.165, 1.54) is 12.1 Å². The number of carbonyl (C=O) groups excluding carboxylic acids is 2. The van der Waals surface area contributed by atoms with Crippen LogP contribution in [0, 0.1) is 5.92 Å². The van der Waals surface area contributed by atoms with Gasteiger partial charge in [0.2, 0.25) is 15.9 Å². The van der Waals surface area contributed by atoms with Crippen molar-refractivity contribution in [2.45, 2.75) is 63.1 Å². The fourth-order valence-electron chi connectivity index (χ4n) is 4.11. The van der Waals surface area contributed by atoms with Crippen LogP contribution in [-0.4, -0.2) is 50.0 Å². The van der Waals surface area contributed by atoms with Gasteiger partial charge in [0, 0.05) is 24.3 Å². The van der Waals surface area contributed by atoms with E-state index in [1.54, 1.807) is 37.8 Å². The van der Waals surface area contributed by atoms with Crippen molar-refractivity contribution in [3.8, 4) is 0 Å². The van der Waals surface area contributed by atoms with Gasteiger partial charge in [0.05, 0.1) is 4.90 Å². The average molecular weight is 551 g/mol. The predicted molar refractivity (Wildman–Crippen MR) is 143 cm³/mol. The Balaban J connectivity index is 1.47. The predicted octanol–water partition coefficient (Wildman–Crippen LogP) is 4.25. The van der Waals surface area contributed by atoms with Gasteiger partial charge in [-0.2, -0.15) is 0 Å². The molecule has 11 heteroatoms. The van der Waals surface area contributed by atoms with Gasteiger partial charge in [-0.1, -0.05) is 30.3 Å². The first-order valence-electron chi connectivity index (χ1n) is 12.2. The Kier molecular flexibility index (Phi) is 9.94. The maximum absolute atomic E-state index is 12.8. The number of anilines is 1. The van der Waals surface area contributed by atoms with Crippen molar-refractivity contribution < 1.29 is 22.7 Å². The van der Waals surface area contributed by atoms with Gasteiger partial charge in [0.15, 0.2) is 0 Å². The van der Waals surface area contributed by atoms with Gasteiger partial charge in [-0.3, -0.25) is 4.79 Å². The molecule has 0 saturated carbocycles. The minimum atomic E-state index is -3.67. The zero-order valence-corrected chi connectivity index (χ0v) is 22.9. The molecule has 1 atom stereocenters. The van der Waals surface area contributed by atoms with Gasteiger partial charge in [-0.25, -0.2) is 22.8 Å². The van der Waals surface area contributed by atoms with Crippen molar-refractivity contribution in [3.63, 3.8) is 0 Å². The number of likely N-dealkylation sites (tertiary alicyclic amines) is 1. The Morgan fingerprint density at radius 1 is 1.05 bits per heavy atom. The number of carbonyl (C=O) groups is 2. The SMILES string of the molecule is CC(C)(C)NS(=O)(=O)c1ccc(NC(=O)[C@H](CC2CCN(C(=O)OCc3ccccc3)CC2)NCl)cc1. The van der Waals surface area contributed by atoms with Gasteiger partial charge in [-0.15, -0.1) is 0 Å². The largest absolute Gasteiger partial charge is 0.445 e. The molecular weight excluding hydrogens is 516 g/mol. The molecule has 9 nitrogen and oxygen atoms in total. The summed E-state index contributed by atoms with van der Waals surface area (Å²) in [6, 6.07) is 14.9. The maximum atomic E-state index is 12.8.